The molecule has 2 aliphatic heterocycles. The van der Waals surface area contributed by atoms with E-state index in [0.717, 1.165) is 59.6 Å². The second kappa shape index (κ2) is 9.77. The summed E-state index contributed by atoms with van der Waals surface area (Å²) in [5.41, 5.74) is 2.23. The molecule has 0 radical (unpaired) electrons. The Balaban J connectivity index is 1.20. The first-order valence-electron chi connectivity index (χ1n) is 11.1. The van der Waals surface area contributed by atoms with Crippen molar-refractivity contribution < 1.29 is 9.53 Å². The molecule has 8 heteroatoms. The first-order chi connectivity index (χ1) is 15.8. The van der Waals surface area contributed by atoms with Crippen molar-refractivity contribution in [2.45, 2.75) is 24.9 Å². The minimum atomic E-state index is -0.343. The minimum Gasteiger partial charge on any atom is -0.366 e. The summed E-state index contributed by atoms with van der Waals surface area (Å²) in [6, 6.07) is 16.3. The van der Waals surface area contributed by atoms with Gasteiger partial charge < -0.3 is 20.3 Å². The smallest absolute Gasteiger partial charge is 0.253 e. The number of hydrogen-bond acceptors (Lipinski definition) is 7. The molecular formula is C24H27N5O2S. The number of aromatic nitrogens is 2. The third-order valence-corrected chi connectivity index (χ3v) is 6.96. The highest BCUT2D eigenvalue weighted by molar-refractivity contribution is 7.18. The third kappa shape index (κ3) is 4.82. The Kier molecular flexibility index (Phi) is 6.43. The van der Waals surface area contributed by atoms with E-state index >= 15 is 0 Å². The number of nitrogens with one attached hydrogen (secondary N) is 2. The van der Waals surface area contributed by atoms with Crippen LogP contribution in [0.25, 0.3) is 10.4 Å². The second-order valence-corrected chi connectivity index (χ2v) is 9.16. The van der Waals surface area contributed by atoms with Gasteiger partial charge in [-0.1, -0.05) is 47.7 Å². The molecule has 0 saturated carbocycles. The van der Waals surface area contributed by atoms with Crippen LogP contribution in [0.2, 0.25) is 0 Å². The van der Waals surface area contributed by atoms with Gasteiger partial charge in [0.15, 0.2) is 5.13 Å². The van der Waals surface area contributed by atoms with Crippen LogP contribution in [0.3, 0.4) is 0 Å². The zero-order valence-corrected chi connectivity index (χ0v) is 18.7. The molecule has 2 fully saturated rings. The molecule has 2 saturated heterocycles. The fraction of sp³-hybridized carbons (Fsp3) is 0.375. The molecule has 1 atom stereocenters. The lowest BCUT2D eigenvalue weighted by atomic mass is 9.92. The normalized spacial score (nSPS) is 19.6. The Morgan fingerprint density at radius 2 is 1.97 bits per heavy atom. The van der Waals surface area contributed by atoms with Gasteiger partial charge in [-0.3, -0.25) is 4.79 Å². The summed E-state index contributed by atoms with van der Waals surface area (Å²) >= 11 is 1.62. The van der Waals surface area contributed by atoms with Crippen LogP contribution in [-0.2, 0) is 9.53 Å². The zero-order valence-electron chi connectivity index (χ0n) is 17.9. The number of anilines is 2. The highest BCUT2D eigenvalue weighted by Crippen LogP contribution is 2.31. The molecule has 2 aromatic heterocycles. The summed E-state index contributed by atoms with van der Waals surface area (Å²) < 4.78 is 5.63. The summed E-state index contributed by atoms with van der Waals surface area (Å²) in [4.78, 5) is 25.1. The molecular weight excluding hydrogens is 422 g/mol. The molecule has 2 aliphatic rings. The Morgan fingerprint density at radius 1 is 1.12 bits per heavy atom. The van der Waals surface area contributed by atoms with Gasteiger partial charge in [-0.25, -0.2) is 9.97 Å². The summed E-state index contributed by atoms with van der Waals surface area (Å²) in [5.74, 6) is 1.26. The largest absolute Gasteiger partial charge is 0.366 e. The Labute approximate surface area is 191 Å². The van der Waals surface area contributed by atoms with Crippen molar-refractivity contribution in [2.75, 3.05) is 38.1 Å². The fourth-order valence-electron chi connectivity index (χ4n) is 4.25. The maximum atomic E-state index is 12.7. The number of likely N-dealkylation sites (tertiary alicyclic amines) is 1. The van der Waals surface area contributed by atoms with Crippen LogP contribution in [-0.4, -0.2) is 59.7 Å². The molecule has 3 aromatic rings. The first kappa shape index (κ1) is 21.1. The number of piperidine rings is 1. The van der Waals surface area contributed by atoms with Crippen molar-refractivity contribution in [3.63, 3.8) is 0 Å². The maximum absolute atomic E-state index is 12.7. The number of pyridine rings is 1. The summed E-state index contributed by atoms with van der Waals surface area (Å²) in [6.45, 7) is 3.51. The molecule has 0 bridgehead atoms. The van der Waals surface area contributed by atoms with Crippen LogP contribution >= 0.6 is 11.3 Å². The number of nitrogens with zero attached hydrogens (tertiary/aromatic N) is 3. The zero-order chi connectivity index (χ0) is 21.8. The van der Waals surface area contributed by atoms with Crippen molar-refractivity contribution in [3.05, 3.63) is 60.4 Å². The lowest BCUT2D eigenvalue weighted by molar-refractivity contribution is -0.146. The number of amides is 1. The highest BCUT2D eigenvalue weighted by Gasteiger charge is 2.30. The van der Waals surface area contributed by atoms with Crippen molar-refractivity contribution >= 4 is 28.2 Å². The molecule has 4 heterocycles. The average Bonchev–Trinajstić information content (AvgIpc) is 3.33. The quantitative estimate of drug-likeness (QED) is 0.619. The van der Waals surface area contributed by atoms with Crippen LogP contribution in [0, 0.1) is 0 Å². The number of carbonyl (C=O) groups is 1. The summed E-state index contributed by atoms with van der Waals surface area (Å²) in [5, 5.41) is 7.41. The minimum absolute atomic E-state index is 0.108. The third-order valence-electron chi connectivity index (χ3n) is 6.00. The highest BCUT2D eigenvalue weighted by atomic mass is 32.1. The van der Waals surface area contributed by atoms with E-state index in [4.69, 9.17) is 9.72 Å². The van der Waals surface area contributed by atoms with Gasteiger partial charge in [-0.15, -0.1) is 0 Å². The van der Waals surface area contributed by atoms with Crippen molar-refractivity contribution in [2.24, 2.45) is 0 Å². The van der Waals surface area contributed by atoms with Crippen molar-refractivity contribution in [1.29, 1.82) is 0 Å². The van der Waals surface area contributed by atoms with Gasteiger partial charge in [-0.05, 0) is 30.5 Å². The number of thiazole rings is 1. The van der Waals surface area contributed by atoms with Gasteiger partial charge in [0.2, 0.25) is 0 Å². The predicted octanol–water partition coefficient (Wildman–Crippen LogP) is 3.64. The topological polar surface area (TPSA) is 79.4 Å². The van der Waals surface area contributed by atoms with E-state index in [9.17, 15) is 4.79 Å². The van der Waals surface area contributed by atoms with Crippen molar-refractivity contribution in [1.82, 2.24) is 20.2 Å². The lowest BCUT2D eigenvalue weighted by Gasteiger charge is -2.35. The van der Waals surface area contributed by atoms with E-state index in [-0.39, 0.29) is 12.0 Å². The SMILES string of the molecule is O=C([C@H]1CNCCO1)N1CCC(c2cccc(Nc3ncc(-c4ccccc4)s3)n2)CC1. The van der Waals surface area contributed by atoms with Crippen LogP contribution in [0.5, 0.6) is 0 Å². The number of morpholine rings is 1. The molecule has 166 valence electrons. The number of ether oxygens (including phenoxy) is 1. The Hall–Kier alpha value is -2.81. The van der Waals surface area contributed by atoms with Gasteiger partial charge >= 0.3 is 0 Å². The van der Waals surface area contributed by atoms with Crippen LogP contribution in [0.4, 0.5) is 10.9 Å². The predicted molar refractivity (Wildman–Crippen MR) is 126 cm³/mol. The Bertz CT molecular complexity index is 1040. The van der Waals surface area contributed by atoms with E-state index in [2.05, 4.69) is 33.8 Å². The number of rotatable bonds is 5. The molecule has 5 rings (SSSR count). The van der Waals surface area contributed by atoms with Gasteiger partial charge in [-0.2, -0.15) is 0 Å². The molecule has 1 aromatic carbocycles. The summed E-state index contributed by atoms with van der Waals surface area (Å²) in [7, 11) is 0. The van der Waals surface area contributed by atoms with Gasteiger partial charge in [0, 0.05) is 44.0 Å². The number of hydrogen-bond donors (Lipinski definition) is 2. The number of benzene rings is 1. The Morgan fingerprint density at radius 3 is 2.75 bits per heavy atom. The molecule has 7 nitrogen and oxygen atoms in total. The van der Waals surface area contributed by atoms with Crippen molar-refractivity contribution in [3.8, 4) is 10.4 Å². The first-order valence-corrected chi connectivity index (χ1v) is 11.9. The summed E-state index contributed by atoms with van der Waals surface area (Å²) in [6.07, 6.45) is 3.38. The van der Waals surface area contributed by atoms with Gasteiger partial charge in [0.05, 0.1) is 11.5 Å². The van der Waals surface area contributed by atoms with E-state index in [1.54, 1.807) is 11.3 Å². The maximum Gasteiger partial charge on any atom is 0.253 e. The lowest BCUT2D eigenvalue weighted by Crippen LogP contribution is -2.51. The standard InChI is InChI=1S/C24H27N5O2S/c30-23(20-15-25-11-14-31-20)29-12-9-17(10-13-29)19-7-4-8-22(27-19)28-24-26-16-21(32-24)18-5-2-1-3-6-18/h1-8,16-17,20,25H,9-15H2,(H,26,27,28)/t20-/m1/s1. The van der Waals surface area contributed by atoms with E-state index in [0.29, 0.717) is 19.1 Å². The average molecular weight is 450 g/mol. The molecule has 0 aliphatic carbocycles. The fourth-order valence-corrected chi connectivity index (χ4v) is 5.08. The number of carbonyl (C=O) groups excluding carboxylic acids is 1. The molecule has 0 unspecified atom stereocenters. The van der Waals surface area contributed by atoms with E-state index < -0.39 is 0 Å². The van der Waals surface area contributed by atoms with Crippen LogP contribution < -0.4 is 10.6 Å². The van der Waals surface area contributed by atoms with Gasteiger partial charge in [0.1, 0.15) is 11.9 Å². The second-order valence-electron chi connectivity index (χ2n) is 8.13. The van der Waals surface area contributed by atoms with E-state index in [1.165, 1.54) is 0 Å². The van der Waals surface area contributed by atoms with Gasteiger partial charge in [0.25, 0.3) is 5.91 Å². The monoisotopic (exact) mass is 449 g/mol. The molecule has 2 N–H and O–H groups in total. The molecule has 0 spiro atoms. The van der Waals surface area contributed by atoms with E-state index in [1.807, 2.05) is 41.4 Å². The van der Waals surface area contributed by atoms with Crippen LogP contribution in [0.15, 0.2) is 54.7 Å². The molecule has 1 amide bonds. The van der Waals surface area contributed by atoms with Crippen LogP contribution in [0.1, 0.15) is 24.5 Å². The molecule has 32 heavy (non-hydrogen) atoms.